The Labute approximate surface area is 186 Å². The van der Waals surface area contributed by atoms with Crippen LogP contribution in [-0.2, 0) is 23.9 Å². The Morgan fingerprint density at radius 2 is 1.93 bits per heavy atom. The fourth-order valence-electron chi connectivity index (χ4n) is 2.30. The molecule has 0 aliphatic rings. The summed E-state index contributed by atoms with van der Waals surface area (Å²) in [6.45, 7) is 0.192. The number of carbonyl (C=O) groups excluding carboxylic acids is 1. The Balaban J connectivity index is 0.00000420. The maximum absolute atomic E-state index is 13.0. The van der Waals surface area contributed by atoms with Crippen LogP contribution >= 0.6 is 35.3 Å². The predicted octanol–water partition coefficient (Wildman–Crippen LogP) is 2.93. The minimum absolute atomic E-state index is 0. The van der Waals surface area contributed by atoms with E-state index in [1.807, 2.05) is 0 Å². The molecule has 4 N–H and O–H groups in total. The lowest BCUT2D eigenvalue weighted by atomic mass is 9.98. The Morgan fingerprint density at radius 3 is 2.45 bits per heavy atom. The van der Waals surface area contributed by atoms with Gasteiger partial charge in [0.25, 0.3) is 0 Å². The van der Waals surface area contributed by atoms with Gasteiger partial charge >= 0.3 is 6.18 Å². The van der Waals surface area contributed by atoms with Gasteiger partial charge in [0.1, 0.15) is 10.8 Å². The number of primary amides is 1. The van der Waals surface area contributed by atoms with Crippen molar-refractivity contribution in [1.29, 1.82) is 0 Å². The molecule has 0 bridgehead atoms. The number of alkyl halides is 3. The van der Waals surface area contributed by atoms with Gasteiger partial charge < -0.3 is 16.4 Å². The number of carbonyl (C=O) groups is 1. The first-order valence-electron chi connectivity index (χ1n) is 8.19. The summed E-state index contributed by atoms with van der Waals surface area (Å²) < 4.78 is 50.7. The van der Waals surface area contributed by atoms with Crippen LogP contribution in [0.1, 0.15) is 16.3 Å². The van der Waals surface area contributed by atoms with E-state index < -0.39 is 23.7 Å². The van der Waals surface area contributed by atoms with Crippen LogP contribution in [0.2, 0.25) is 0 Å². The Hall–Kier alpha value is -1.96. The van der Waals surface area contributed by atoms with Crippen LogP contribution in [0.4, 0.5) is 17.6 Å². The molecule has 0 fully saturated rings. The first kappa shape index (κ1) is 25.1. The lowest BCUT2D eigenvalue weighted by Gasteiger charge is -2.17. The molecular weight excluding hydrogens is 525 g/mol. The zero-order chi connectivity index (χ0) is 20.7. The molecule has 0 radical (unpaired) electrons. The van der Waals surface area contributed by atoms with Crippen molar-refractivity contribution in [2.24, 2.45) is 16.6 Å². The number of nitrogens with one attached hydrogen (secondary N) is 2. The number of halogens is 5. The summed E-state index contributed by atoms with van der Waals surface area (Å²) in [7, 11) is 1.48. The molecule has 0 saturated heterocycles. The highest BCUT2D eigenvalue weighted by atomic mass is 127. The topological polar surface area (TPSA) is 92.4 Å². The van der Waals surface area contributed by atoms with Gasteiger partial charge in [0.05, 0.1) is 12.5 Å². The maximum atomic E-state index is 13.0. The molecule has 1 heterocycles. The first-order valence-corrected chi connectivity index (χ1v) is 9.07. The van der Waals surface area contributed by atoms with E-state index in [2.05, 4.69) is 20.6 Å². The van der Waals surface area contributed by atoms with Gasteiger partial charge in [-0.2, -0.15) is 13.2 Å². The van der Waals surface area contributed by atoms with Crippen LogP contribution in [0.3, 0.4) is 0 Å². The number of aromatic nitrogens is 1. The highest BCUT2D eigenvalue weighted by Gasteiger charge is 2.33. The molecule has 1 amide bonds. The van der Waals surface area contributed by atoms with Crippen LogP contribution in [-0.4, -0.2) is 30.4 Å². The second-order valence-corrected chi connectivity index (χ2v) is 6.80. The third-order valence-corrected chi connectivity index (χ3v) is 4.64. The third kappa shape index (κ3) is 8.12. The number of hydrogen-bond donors (Lipinski definition) is 3. The molecule has 2 aromatic rings. The summed E-state index contributed by atoms with van der Waals surface area (Å²) >= 11 is 0.880. The van der Waals surface area contributed by atoms with Gasteiger partial charge in [-0.05, 0) is 24.1 Å². The van der Waals surface area contributed by atoms with Crippen LogP contribution in [0.25, 0.3) is 0 Å². The molecule has 12 heteroatoms. The van der Waals surface area contributed by atoms with E-state index in [0.29, 0.717) is 6.42 Å². The summed E-state index contributed by atoms with van der Waals surface area (Å²) in [5, 5.41) is 6.93. The quantitative estimate of drug-likeness (QED) is 0.216. The van der Waals surface area contributed by atoms with Gasteiger partial charge in [-0.1, -0.05) is 12.1 Å². The van der Waals surface area contributed by atoms with Crippen LogP contribution in [0, 0.1) is 11.7 Å². The van der Waals surface area contributed by atoms with Gasteiger partial charge in [-0.25, -0.2) is 9.37 Å². The fraction of sp³-hybridized carbons (Fsp3) is 0.353. The van der Waals surface area contributed by atoms with E-state index in [4.69, 9.17) is 5.73 Å². The van der Waals surface area contributed by atoms with E-state index in [1.165, 1.54) is 19.2 Å². The molecule has 160 valence electrons. The van der Waals surface area contributed by atoms with E-state index in [0.717, 1.165) is 22.3 Å². The standard InChI is InChI=1S/C17H19F4N5OS.HI/c1-23-16(25-8-14-26-13(9-28-14)17(19,20)21)24-7-11(15(22)27)6-10-2-4-12(18)5-3-10;/h2-5,9,11H,6-8H2,1H3,(H2,22,27)(H2,23,24,25);1H. The molecule has 0 spiro atoms. The van der Waals surface area contributed by atoms with E-state index >= 15 is 0 Å². The zero-order valence-electron chi connectivity index (χ0n) is 15.3. The number of aliphatic imine (C=N–C) groups is 1. The van der Waals surface area contributed by atoms with Crippen LogP contribution in [0.15, 0.2) is 34.6 Å². The minimum atomic E-state index is -4.48. The molecule has 6 nitrogen and oxygen atoms in total. The van der Waals surface area contributed by atoms with Gasteiger partial charge in [-0.3, -0.25) is 9.79 Å². The number of hydrogen-bond acceptors (Lipinski definition) is 4. The van der Waals surface area contributed by atoms with Crippen molar-refractivity contribution >= 4 is 47.2 Å². The number of thiazole rings is 1. The highest BCUT2D eigenvalue weighted by molar-refractivity contribution is 14.0. The molecule has 0 aliphatic carbocycles. The van der Waals surface area contributed by atoms with Crippen molar-refractivity contribution in [3.8, 4) is 0 Å². The van der Waals surface area contributed by atoms with Crippen molar-refractivity contribution in [2.45, 2.75) is 19.1 Å². The van der Waals surface area contributed by atoms with Crippen molar-refractivity contribution in [1.82, 2.24) is 15.6 Å². The van der Waals surface area contributed by atoms with E-state index in [-0.39, 0.29) is 53.9 Å². The summed E-state index contributed by atoms with van der Waals surface area (Å²) in [6, 6.07) is 5.73. The molecule has 0 saturated carbocycles. The third-order valence-electron chi connectivity index (χ3n) is 3.79. The van der Waals surface area contributed by atoms with Gasteiger partial charge in [-0.15, -0.1) is 35.3 Å². The SMILES string of the molecule is CN=C(NCc1nc(C(F)(F)F)cs1)NCC(Cc1ccc(F)cc1)C(N)=O.I. The van der Waals surface area contributed by atoms with Crippen LogP contribution < -0.4 is 16.4 Å². The van der Waals surface area contributed by atoms with Crippen molar-refractivity contribution in [3.63, 3.8) is 0 Å². The summed E-state index contributed by atoms with van der Waals surface area (Å²) in [5.74, 6) is -1.21. The van der Waals surface area contributed by atoms with E-state index in [1.54, 1.807) is 12.1 Å². The Kier molecular flexibility index (Phi) is 9.76. The number of amides is 1. The highest BCUT2D eigenvalue weighted by Crippen LogP contribution is 2.29. The maximum Gasteiger partial charge on any atom is 0.434 e. The number of benzene rings is 1. The first-order chi connectivity index (χ1) is 13.2. The zero-order valence-corrected chi connectivity index (χ0v) is 18.4. The molecule has 1 atom stereocenters. The van der Waals surface area contributed by atoms with Crippen molar-refractivity contribution in [2.75, 3.05) is 13.6 Å². The van der Waals surface area contributed by atoms with E-state index in [9.17, 15) is 22.4 Å². The summed E-state index contributed by atoms with van der Waals surface area (Å²) in [5.41, 5.74) is 5.23. The molecule has 1 aromatic heterocycles. The second-order valence-electron chi connectivity index (χ2n) is 5.86. The molecule has 29 heavy (non-hydrogen) atoms. The second kappa shape index (κ2) is 11.3. The lowest BCUT2D eigenvalue weighted by molar-refractivity contribution is -0.140. The van der Waals surface area contributed by atoms with Crippen molar-refractivity contribution in [3.05, 3.63) is 51.7 Å². The molecule has 2 rings (SSSR count). The molecule has 1 aromatic carbocycles. The number of nitrogens with zero attached hydrogens (tertiary/aromatic N) is 2. The number of guanidine groups is 1. The predicted molar refractivity (Wildman–Crippen MR) is 114 cm³/mol. The molecular formula is C17H20F4IN5OS. The average Bonchev–Trinajstić information content (AvgIpc) is 3.11. The lowest BCUT2D eigenvalue weighted by Crippen LogP contribution is -2.42. The Morgan fingerprint density at radius 1 is 1.28 bits per heavy atom. The van der Waals surface area contributed by atoms with Gasteiger partial charge in [0.2, 0.25) is 5.91 Å². The van der Waals surface area contributed by atoms with Crippen molar-refractivity contribution < 1.29 is 22.4 Å². The smallest absolute Gasteiger partial charge is 0.369 e. The Bertz CT molecular complexity index is 826. The average molecular weight is 545 g/mol. The number of nitrogens with two attached hydrogens (primary N) is 1. The van der Waals surface area contributed by atoms with Crippen LogP contribution in [0.5, 0.6) is 0 Å². The minimum Gasteiger partial charge on any atom is -0.369 e. The molecule has 1 unspecified atom stereocenters. The van der Waals surface area contributed by atoms with Gasteiger partial charge in [0, 0.05) is 19.0 Å². The summed E-state index contributed by atoms with van der Waals surface area (Å²) in [6.07, 6.45) is -4.18. The number of rotatable bonds is 7. The molecule has 0 aliphatic heterocycles. The monoisotopic (exact) mass is 545 g/mol. The van der Waals surface area contributed by atoms with Gasteiger partial charge in [0.15, 0.2) is 11.7 Å². The largest absolute Gasteiger partial charge is 0.434 e. The normalized spacial score (nSPS) is 12.8. The fourth-order valence-corrected chi connectivity index (χ4v) is 3.04. The summed E-state index contributed by atoms with van der Waals surface area (Å²) in [4.78, 5) is 19.2.